The van der Waals surface area contributed by atoms with Gasteiger partial charge in [-0.1, -0.05) is 35.7 Å². The second-order valence-electron chi connectivity index (χ2n) is 4.48. The summed E-state index contributed by atoms with van der Waals surface area (Å²) >= 11 is 0. The number of hydrogen-bond acceptors (Lipinski definition) is 2. The summed E-state index contributed by atoms with van der Waals surface area (Å²) in [6.45, 7) is 3.75. The Morgan fingerprint density at radius 1 is 1.19 bits per heavy atom. The highest BCUT2D eigenvalue weighted by atomic mass is 15.2. The van der Waals surface area contributed by atoms with E-state index in [2.05, 4.69) is 34.5 Å². The summed E-state index contributed by atoms with van der Waals surface area (Å²) in [5, 5.41) is 2.45. The van der Waals surface area contributed by atoms with Crippen molar-refractivity contribution in [2.75, 3.05) is 19.6 Å². The molecular formula is C12H16B2N2. The van der Waals surface area contributed by atoms with Crippen LogP contribution >= 0.6 is 0 Å². The Bertz CT molecular complexity index is 327. The van der Waals surface area contributed by atoms with E-state index in [0.717, 1.165) is 32.6 Å². The standard InChI is InChI=1S/C12H16B2N2/c13-12(14)6-8-16(9-7-15-12)10-11-4-2-1-3-5-11/h1-5,15H,6-10H2. The normalized spacial score (nSPS) is 21.5. The van der Waals surface area contributed by atoms with E-state index >= 15 is 0 Å². The number of nitrogens with one attached hydrogen (secondary N) is 1. The van der Waals surface area contributed by atoms with Gasteiger partial charge >= 0.3 is 0 Å². The lowest BCUT2D eigenvalue weighted by molar-refractivity contribution is 0.283. The summed E-state index contributed by atoms with van der Waals surface area (Å²) in [4.78, 5) is 2.38. The third kappa shape index (κ3) is 3.39. The second kappa shape index (κ2) is 5.07. The summed E-state index contributed by atoms with van der Waals surface area (Å²) in [5.74, 6) is 0. The highest BCUT2D eigenvalue weighted by Crippen LogP contribution is 2.10. The van der Waals surface area contributed by atoms with Crippen molar-refractivity contribution in [3.63, 3.8) is 0 Å². The summed E-state index contributed by atoms with van der Waals surface area (Å²) in [6.07, 6.45) is 0.778. The van der Waals surface area contributed by atoms with Crippen molar-refractivity contribution in [3.8, 4) is 0 Å². The molecule has 0 aromatic heterocycles. The molecule has 80 valence electrons. The fraction of sp³-hybridized carbons (Fsp3) is 0.500. The SMILES string of the molecule is [B]C1([B])CCN(Cc2ccccc2)CCN1. The van der Waals surface area contributed by atoms with E-state index in [-0.39, 0.29) is 0 Å². The lowest BCUT2D eigenvalue weighted by Crippen LogP contribution is -2.46. The van der Waals surface area contributed by atoms with Gasteiger partial charge in [-0.2, -0.15) is 0 Å². The Balaban J connectivity index is 1.92. The van der Waals surface area contributed by atoms with Crippen LogP contribution < -0.4 is 5.32 Å². The first-order chi connectivity index (χ1) is 7.66. The molecule has 1 saturated heterocycles. The van der Waals surface area contributed by atoms with Crippen molar-refractivity contribution in [3.05, 3.63) is 35.9 Å². The molecule has 0 saturated carbocycles. The lowest BCUT2D eigenvalue weighted by atomic mass is 9.60. The highest BCUT2D eigenvalue weighted by Gasteiger charge is 2.21. The number of benzene rings is 1. The second-order valence-corrected chi connectivity index (χ2v) is 4.48. The zero-order valence-corrected chi connectivity index (χ0v) is 9.52. The molecule has 0 amide bonds. The van der Waals surface area contributed by atoms with E-state index in [1.54, 1.807) is 0 Å². The van der Waals surface area contributed by atoms with Crippen LogP contribution in [0.5, 0.6) is 0 Å². The molecule has 2 nitrogen and oxygen atoms in total. The van der Waals surface area contributed by atoms with Crippen LogP contribution in [0, 0.1) is 0 Å². The van der Waals surface area contributed by atoms with Crippen LogP contribution in [0.25, 0.3) is 0 Å². The van der Waals surface area contributed by atoms with Crippen molar-refractivity contribution in [2.45, 2.75) is 18.3 Å². The molecule has 16 heavy (non-hydrogen) atoms. The van der Waals surface area contributed by atoms with Crippen LogP contribution in [-0.4, -0.2) is 45.6 Å². The van der Waals surface area contributed by atoms with Gasteiger partial charge in [0.15, 0.2) is 0 Å². The van der Waals surface area contributed by atoms with Gasteiger partial charge in [-0.25, -0.2) is 0 Å². The molecule has 2 rings (SSSR count). The van der Waals surface area contributed by atoms with Gasteiger partial charge in [0.25, 0.3) is 0 Å². The van der Waals surface area contributed by atoms with Gasteiger partial charge < -0.3 is 5.32 Å². The van der Waals surface area contributed by atoms with E-state index in [1.165, 1.54) is 5.56 Å². The van der Waals surface area contributed by atoms with Gasteiger partial charge in [-0.15, -0.1) is 0 Å². The molecule has 0 unspecified atom stereocenters. The fourth-order valence-corrected chi connectivity index (χ4v) is 1.99. The molecule has 1 N–H and O–H groups in total. The van der Waals surface area contributed by atoms with Crippen molar-refractivity contribution < 1.29 is 0 Å². The molecule has 0 spiro atoms. The van der Waals surface area contributed by atoms with Gasteiger partial charge in [-0.05, 0) is 18.5 Å². The minimum Gasteiger partial charge on any atom is -0.327 e. The van der Waals surface area contributed by atoms with Crippen LogP contribution in [0.15, 0.2) is 30.3 Å². The fourth-order valence-electron chi connectivity index (χ4n) is 1.99. The molecule has 0 atom stereocenters. The van der Waals surface area contributed by atoms with Crippen LogP contribution in [0.1, 0.15) is 12.0 Å². The maximum atomic E-state index is 5.87. The maximum Gasteiger partial charge on any atom is 0.0821 e. The molecule has 1 aromatic rings. The Labute approximate surface area is 100 Å². The van der Waals surface area contributed by atoms with Crippen LogP contribution in [0.4, 0.5) is 0 Å². The number of hydrogen-bond donors (Lipinski definition) is 1. The average molecular weight is 210 g/mol. The quantitative estimate of drug-likeness (QED) is 0.713. The first kappa shape index (κ1) is 11.7. The molecule has 4 heteroatoms. The third-order valence-electron chi connectivity index (χ3n) is 2.97. The van der Waals surface area contributed by atoms with E-state index in [9.17, 15) is 0 Å². The predicted molar refractivity (Wildman–Crippen MR) is 68.6 cm³/mol. The third-order valence-corrected chi connectivity index (χ3v) is 2.97. The topological polar surface area (TPSA) is 15.3 Å². The van der Waals surface area contributed by atoms with Gasteiger partial charge in [0, 0.05) is 19.6 Å². The van der Waals surface area contributed by atoms with Crippen molar-refractivity contribution in [2.24, 2.45) is 0 Å². The van der Waals surface area contributed by atoms with Gasteiger partial charge in [0.1, 0.15) is 0 Å². The Hall–Kier alpha value is -0.730. The van der Waals surface area contributed by atoms with Gasteiger partial charge in [0.2, 0.25) is 0 Å². The summed E-state index contributed by atoms with van der Waals surface area (Å²) in [6, 6.07) is 10.5. The molecule has 1 heterocycles. The zero-order valence-electron chi connectivity index (χ0n) is 9.52. The molecule has 1 aromatic carbocycles. The molecule has 1 aliphatic rings. The number of rotatable bonds is 2. The van der Waals surface area contributed by atoms with Crippen LogP contribution in [0.2, 0.25) is 0 Å². The first-order valence-electron chi connectivity index (χ1n) is 5.75. The monoisotopic (exact) mass is 210 g/mol. The molecule has 1 aliphatic heterocycles. The smallest absolute Gasteiger partial charge is 0.0821 e. The predicted octanol–water partition coefficient (Wildman–Crippen LogP) is 0.473. The molecule has 4 radical (unpaired) electrons. The maximum absolute atomic E-state index is 5.87. The zero-order chi connectivity index (χ0) is 11.4. The summed E-state index contributed by atoms with van der Waals surface area (Å²) in [7, 11) is 11.7. The van der Waals surface area contributed by atoms with E-state index < -0.39 is 5.34 Å². The summed E-state index contributed by atoms with van der Waals surface area (Å²) < 4.78 is 0. The van der Waals surface area contributed by atoms with Gasteiger partial charge in [0.05, 0.1) is 15.7 Å². The Morgan fingerprint density at radius 2 is 1.94 bits per heavy atom. The van der Waals surface area contributed by atoms with E-state index in [1.807, 2.05) is 6.07 Å². The van der Waals surface area contributed by atoms with Crippen LogP contribution in [0.3, 0.4) is 0 Å². The molecule has 1 fully saturated rings. The van der Waals surface area contributed by atoms with Gasteiger partial charge in [-0.3, -0.25) is 4.90 Å². The Kier molecular flexibility index (Phi) is 3.72. The molecular weight excluding hydrogens is 194 g/mol. The van der Waals surface area contributed by atoms with Crippen molar-refractivity contribution in [1.29, 1.82) is 0 Å². The molecule has 0 bridgehead atoms. The minimum absolute atomic E-state index is 0.703. The largest absolute Gasteiger partial charge is 0.327 e. The van der Waals surface area contributed by atoms with E-state index in [0.29, 0.717) is 0 Å². The van der Waals surface area contributed by atoms with Crippen molar-refractivity contribution in [1.82, 2.24) is 10.2 Å². The lowest BCUT2D eigenvalue weighted by Gasteiger charge is -2.24. The Morgan fingerprint density at radius 3 is 2.69 bits per heavy atom. The highest BCUT2D eigenvalue weighted by molar-refractivity contribution is 6.40. The average Bonchev–Trinajstić information content (AvgIpc) is 2.42. The van der Waals surface area contributed by atoms with Crippen molar-refractivity contribution >= 4 is 15.7 Å². The summed E-state index contributed by atoms with van der Waals surface area (Å²) in [5.41, 5.74) is 1.34. The molecule has 0 aliphatic carbocycles. The first-order valence-corrected chi connectivity index (χ1v) is 5.75. The number of nitrogens with zero attached hydrogens (tertiary/aromatic N) is 1. The minimum atomic E-state index is -0.703. The van der Waals surface area contributed by atoms with Crippen LogP contribution in [-0.2, 0) is 6.54 Å². The van der Waals surface area contributed by atoms with E-state index in [4.69, 9.17) is 15.7 Å².